The molecule has 2 aromatic heterocycles. The van der Waals surface area contributed by atoms with E-state index in [1.165, 1.54) is 17.8 Å². The molecule has 1 aliphatic rings. The maximum absolute atomic E-state index is 14.6. The number of nitrogens with two attached hydrogens (primary N) is 1. The molecule has 3 heterocycles. The van der Waals surface area contributed by atoms with Gasteiger partial charge in [-0.15, -0.1) is 0 Å². The largest absolute Gasteiger partial charge is 0.402 e. The Kier molecular flexibility index (Phi) is 10.7. The molecule has 4 rings (SSSR count). The standard InChI is InChI=1S/C24H25F2N3S.C7H15N/c25-21-8-7-17-13-18(21)5-3-1-2-4-6-19-11-16(9-10-30)12-24(28-19)29-23-14-20(17)22(26)15-27-23;1-6(8)5-7(2,3)4/h7-8,11-15,30H,1-6,9-10H2,(H,27,28,29);1,5,8H2,2-4H3. The first-order valence-electron chi connectivity index (χ1n) is 13.3. The molecule has 0 spiro atoms. The van der Waals surface area contributed by atoms with Gasteiger partial charge in [0.1, 0.15) is 23.3 Å². The number of halogens is 2. The van der Waals surface area contributed by atoms with Crippen LogP contribution in [0.2, 0.25) is 0 Å². The van der Waals surface area contributed by atoms with Gasteiger partial charge in [-0.3, -0.25) is 0 Å². The van der Waals surface area contributed by atoms with E-state index in [2.05, 4.69) is 56.3 Å². The van der Waals surface area contributed by atoms with Gasteiger partial charge in [0.05, 0.1) is 6.20 Å². The molecule has 1 aromatic carbocycles. The van der Waals surface area contributed by atoms with E-state index in [4.69, 9.17) is 10.7 Å². The highest BCUT2D eigenvalue weighted by molar-refractivity contribution is 7.80. The number of allylic oxidation sites excluding steroid dienone is 1. The normalized spacial score (nSPS) is 13.6. The molecule has 7 heteroatoms. The predicted octanol–water partition coefficient (Wildman–Crippen LogP) is 8.19. The Morgan fingerprint density at radius 1 is 1.00 bits per heavy atom. The second-order valence-electron chi connectivity index (χ2n) is 11.1. The van der Waals surface area contributed by atoms with Crippen LogP contribution in [0.4, 0.5) is 20.4 Å². The number of hydrogen-bond acceptors (Lipinski definition) is 5. The number of thiol groups is 1. The third kappa shape index (κ3) is 9.43. The average molecular weight is 539 g/mol. The monoisotopic (exact) mass is 538 g/mol. The summed E-state index contributed by atoms with van der Waals surface area (Å²) >= 11 is 4.35. The molecule has 38 heavy (non-hydrogen) atoms. The van der Waals surface area contributed by atoms with E-state index in [-0.39, 0.29) is 5.82 Å². The van der Waals surface area contributed by atoms with Crippen LogP contribution in [0, 0.1) is 17.0 Å². The zero-order chi connectivity index (χ0) is 27.7. The molecule has 3 N–H and O–H groups in total. The SMILES string of the molecule is C=C(N)CC(C)(C)C.Fc1ccc2cc1CCCCCCc1cc(CCS)cc(n1)Nc1cc-2c(F)cn1. The lowest BCUT2D eigenvalue weighted by Gasteiger charge is -2.16. The molecule has 0 saturated carbocycles. The molecular formula is C31H40F2N4S. The van der Waals surface area contributed by atoms with Crippen LogP contribution in [-0.4, -0.2) is 15.7 Å². The van der Waals surface area contributed by atoms with Crippen LogP contribution in [-0.2, 0) is 19.3 Å². The topological polar surface area (TPSA) is 63.8 Å². The Morgan fingerprint density at radius 2 is 1.74 bits per heavy atom. The number of rotatable bonds is 3. The van der Waals surface area contributed by atoms with Crippen LogP contribution < -0.4 is 11.1 Å². The van der Waals surface area contributed by atoms with Gasteiger partial charge in [-0.1, -0.05) is 46.3 Å². The first-order valence-corrected chi connectivity index (χ1v) is 13.9. The van der Waals surface area contributed by atoms with E-state index < -0.39 is 5.82 Å². The molecule has 204 valence electrons. The fraction of sp³-hybridized carbons (Fsp3) is 0.419. The van der Waals surface area contributed by atoms with E-state index in [1.54, 1.807) is 18.2 Å². The smallest absolute Gasteiger partial charge is 0.149 e. The van der Waals surface area contributed by atoms with Gasteiger partial charge in [-0.25, -0.2) is 18.7 Å². The quantitative estimate of drug-likeness (QED) is 0.294. The van der Waals surface area contributed by atoms with Crippen LogP contribution in [0.25, 0.3) is 11.1 Å². The summed E-state index contributed by atoms with van der Waals surface area (Å²) in [5, 5.41) is 3.22. The fourth-order valence-electron chi connectivity index (χ4n) is 4.57. The third-order valence-electron chi connectivity index (χ3n) is 6.19. The summed E-state index contributed by atoms with van der Waals surface area (Å²) in [4.78, 5) is 8.92. The van der Waals surface area contributed by atoms with Gasteiger partial charge in [0.15, 0.2) is 0 Å². The van der Waals surface area contributed by atoms with Gasteiger partial charge in [0.2, 0.25) is 0 Å². The Bertz CT molecular complexity index is 1240. The first-order chi connectivity index (χ1) is 18.0. The highest BCUT2D eigenvalue weighted by Crippen LogP contribution is 2.29. The van der Waals surface area contributed by atoms with Crippen molar-refractivity contribution >= 4 is 24.3 Å². The molecule has 0 unspecified atom stereocenters. The van der Waals surface area contributed by atoms with Crippen LogP contribution >= 0.6 is 12.6 Å². The summed E-state index contributed by atoms with van der Waals surface area (Å²) < 4.78 is 28.8. The van der Waals surface area contributed by atoms with Crippen LogP contribution in [0.3, 0.4) is 0 Å². The van der Waals surface area contributed by atoms with Gasteiger partial charge in [0.25, 0.3) is 0 Å². The number of aryl methyl sites for hydroxylation is 3. The number of benzene rings is 1. The van der Waals surface area contributed by atoms with Gasteiger partial charge in [0, 0.05) is 17.0 Å². The molecule has 4 nitrogen and oxygen atoms in total. The van der Waals surface area contributed by atoms with Crippen molar-refractivity contribution in [2.45, 2.75) is 72.1 Å². The summed E-state index contributed by atoms with van der Waals surface area (Å²) in [5.41, 5.74) is 10.3. The summed E-state index contributed by atoms with van der Waals surface area (Å²) in [6, 6.07) is 10.6. The highest BCUT2D eigenvalue weighted by Gasteiger charge is 2.13. The van der Waals surface area contributed by atoms with Crippen LogP contribution in [0.15, 0.2) is 54.9 Å². The Balaban J connectivity index is 0.000000436. The summed E-state index contributed by atoms with van der Waals surface area (Å²) in [6.07, 6.45) is 8.54. The lowest BCUT2D eigenvalue weighted by Crippen LogP contribution is -2.09. The van der Waals surface area contributed by atoms with Crippen molar-refractivity contribution < 1.29 is 8.78 Å². The van der Waals surface area contributed by atoms with Crippen molar-refractivity contribution in [1.29, 1.82) is 0 Å². The lowest BCUT2D eigenvalue weighted by molar-refractivity contribution is 0.408. The summed E-state index contributed by atoms with van der Waals surface area (Å²) in [6.45, 7) is 10.0. The van der Waals surface area contributed by atoms with Gasteiger partial charge < -0.3 is 11.1 Å². The van der Waals surface area contributed by atoms with Gasteiger partial charge in [-0.2, -0.15) is 12.6 Å². The maximum atomic E-state index is 14.6. The molecular weight excluding hydrogens is 498 g/mol. The summed E-state index contributed by atoms with van der Waals surface area (Å²) in [7, 11) is 0. The Labute approximate surface area is 231 Å². The summed E-state index contributed by atoms with van der Waals surface area (Å²) in [5.74, 6) is 1.29. The third-order valence-corrected chi connectivity index (χ3v) is 6.42. The minimum Gasteiger partial charge on any atom is -0.402 e. The van der Waals surface area contributed by atoms with Crippen molar-refractivity contribution in [2.75, 3.05) is 11.1 Å². The average Bonchev–Trinajstić information content (AvgIpc) is 2.82. The molecule has 3 aromatic rings. The lowest BCUT2D eigenvalue weighted by atomic mass is 9.91. The van der Waals surface area contributed by atoms with E-state index in [0.29, 0.717) is 40.2 Å². The molecule has 1 aliphatic heterocycles. The molecule has 6 bridgehead atoms. The molecule has 0 amide bonds. The second-order valence-corrected chi connectivity index (χ2v) is 11.6. The molecule has 0 fully saturated rings. The van der Waals surface area contributed by atoms with Crippen LogP contribution in [0.5, 0.6) is 0 Å². The Morgan fingerprint density at radius 3 is 2.39 bits per heavy atom. The number of hydrogen-bond donors (Lipinski definition) is 3. The number of nitrogens with zero attached hydrogens (tertiary/aromatic N) is 2. The van der Waals surface area contributed by atoms with Crippen molar-refractivity contribution in [3.05, 3.63) is 83.3 Å². The number of fused-ring (bicyclic) bond motifs is 7. The highest BCUT2D eigenvalue weighted by atomic mass is 32.1. The minimum absolute atomic E-state index is 0.233. The second kappa shape index (κ2) is 13.7. The van der Waals surface area contributed by atoms with E-state index in [1.807, 2.05) is 6.07 Å². The number of pyridine rings is 2. The van der Waals surface area contributed by atoms with Gasteiger partial charge >= 0.3 is 0 Å². The van der Waals surface area contributed by atoms with Gasteiger partial charge in [-0.05, 0) is 96.7 Å². The predicted molar refractivity (Wildman–Crippen MR) is 158 cm³/mol. The first kappa shape index (κ1) is 29.6. The number of aromatic nitrogens is 2. The molecule has 0 aliphatic carbocycles. The minimum atomic E-state index is -0.434. The van der Waals surface area contributed by atoms with E-state index in [9.17, 15) is 8.78 Å². The van der Waals surface area contributed by atoms with Crippen molar-refractivity contribution in [2.24, 2.45) is 11.1 Å². The van der Waals surface area contributed by atoms with E-state index >= 15 is 0 Å². The zero-order valence-corrected chi connectivity index (χ0v) is 23.7. The van der Waals surface area contributed by atoms with Crippen LogP contribution in [0.1, 0.15) is 69.7 Å². The zero-order valence-electron chi connectivity index (χ0n) is 22.8. The van der Waals surface area contributed by atoms with Crippen molar-refractivity contribution in [3.63, 3.8) is 0 Å². The van der Waals surface area contributed by atoms with Crippen molar-refractivity contribution in [1.82, 2.24) is 9.97 Å². The fourth-order valence-corrected chi connectivity index (χ4v) is 4.82. The molecule has 0 saturated heterocycles. The number of anilines is 2. The molecule has 0 radical (unpaired) electrons. The number of nitrogens with one attached hydrogen (secondary N) is 1. The van der Waals surface area contributed by atoms with E-state index in [0.717, 1.165) is 62.1 Å². The Hall–Kier alpha value is -2.93. The van der Waals surface area contributed by atoms with Crippen molar-refractivity contribution in [3.8, 4) is 11.1 Å². The maximum Gasteiger partial charge on any atom is 0.149 e. The molecule has 0 atom stereocenters.